The Labute approximate surface area is 126 Å². The molecule has 1 fully saturated rings. The fraction of sp³-hybridized carbons (Fsp3) is 0.647. The van der Waals surface area contributed by atoms with Crippen LogP contribution in [0.5, 0.6) is 0 Å². The quantitative estimate of drug-likeness (QED) is 0.686. The van der Waals surface area contributed by atoms with E-state index in [2.05, 4.69) is 19.2 Å². The molecule has 1 aliphatic rings. The molecule has 1 aromatic rings. The van der Waals surface area contributed by atoms with E-state index in [1.54, 1.807) is 0 Å². The minimum atomic E-state index is -0.425. The second-order valence-corrected chi connectivity index (χ2v) is 5.86. The van der Waals surface area contributed by atoms with Crippen molar-refractivity contribution in [2.45, 2.75) is 58.5 Å². The molecule has 0 amide bonds. The van der Waals surface area contributed by atoms with Gasteiger partial charge in [-0.05, 0) is 49.9 Å². The summed E-state index contributed by atoms with van der Waals surface area (Å²) in [5.74, 6) is -0.849. The Morgan fingerprint density at radius 3 is 2.33 bits per heavy atom. The Hall–Kier alpha value is -1.16. The summed E-state index contributed by atoms with van der Waals surface area (Å²) in [6.45, 7) is 6.28. The monoisotopic (exact) mass is 296 g/mol. The minimum absolute atomic E-state index is 0.171. The molecule has 0 saturated heterocycles. The second-order valence-electron chi connectivity index (χ2n) is 5.86. The first-order chi connectivity index (χ1) is 10.2. The summed E-state index contributed by atoms with van der Waals surface area (Å²) < 4.78 is 28.8. The van der Waals surface area contributed by atoms with Crippen molar-refractivity contribution >= 4 is 5.69 Å². The highest BCUT2D eigenvalue weighted by Crippen LogP contribution is 2.35. The maximum absolute atomic E-state index is 14.4. The van der Waals surface area contributed by atoms with Gasteiger partial charge in [0.15, 0.2) is 0 Å². The number of halogens is 2. The molecule has 0 unspecified atom stereocenters. The zero-order valence-corrected chi connectivity index (χ0v) is 13.1. The topological polar surface area (TPSA) is 15.3 Å². The molecular formula is C17H26F2N2. The normalized spacial score (nSPS) is 14.5. The van der Waals surface area contributed by atoms with Gasteiger partial charge >= 0.3 is 0 Å². The fourth-order valence-corrected chi connectivity index (χ4v) is 2.60. The standard InChI is InChI=1S/C17H26F2N2/c1-3-5-9-21(14-6-7-14)17-15(18)10-13(11-16(17)19)12-20-8-4-2/h10-11,14,20H,3-9,12H2,1-2H3. The summed E-state index contributed by atoms with van der Waals surface area (Å²) >= 11 is 0. The van der Waals surface area contributed by atoms with Gasteiger partial charge in [-0.25, -0.2) is 8.78 Å². The van der Waals surface area contributed by atoms with Crippen LogP contribution in [0.1, 0.15) is 51.5 Å². The summed E-state index contributed by atoms with van der Waals surface area (Å²) in [6, 6.07) is 3.27. The van der Waals surface area contributed by atoms with Gasteiger partial charge in [0, 0.05) is 19.1 Å². The molecule has 1 saturated carbocycles. The zero-order chi connectivity index (χ0) is 15.2. The molecule has 0 aromatic heterocycles. The van der Waals surface area contributed by atoms with Gasteiger partial charge in [0.2, 0.25) is 0 Å². The molecule has 1 N–H and O–H groups in total. The summed E-state index contributed by atoms with van der Waals surface area (Å²) in [6.07, 6.45) is 5.10. The predicted molar refractivity (Wildman–Crippen MR) is 83.6 cm³/mol. The van der Waals surface area contributed by atoms with E-state index in [1.807, 2.05) is 4.90 Å². The van der Waals surface area contributed by atoms with Crippen molar-refractivity contribution in [2.24, 2.45) is 0 Å². The first-order valence-electron chi connectivity index (χ1n) is 8.12. The molecule has 2 rings (SSSR count). The number of hydrogen-bond donors (Lipinski definition) is 1. The number of rotatable bonds is 9. The lowest BCUT2D eigenvalue weighted by molar-refractivity contribution is 0.558. The van der Waals surface area contributed by atoms with E-state index >= 15 is 0 Å². The van der Waals surface area contributed by atoms with Gasteiger partial charge in [0.25, 0.3) is 0 Å². The summed E-state index contributed by atoms with van der Waals surface area (Å²) in [7, 11) is 0. The molecule has 0 radical (unpaired) electrons. The highest BCUT2D eigenvalue weighted by Gasteiger charge is 2.32. The Kier molecular flexibility index (Phi) is 5.97. The van der Waals surface area contributed by atoms with Crippen LogP contribution in [-0.4, -0.2) is 19.1 Å². The van der Waals surface area contributed by atoms with Crippen LogP contribution in [0.4, 0.5) is 14.5 Å². The maximum atomic E-state index is 14.4. The average Bonchev–Trinajstić information content (AvgIpc) is 3.26. The van der Waals surface area contributed by atoms with Gasteiger partial charge in [-0.15, -0.1) is 0 Å². The molecule has 118 valence electrons. The van der Waals surface area contributed by atoms with Crippen molar-refractivity contribution in [3.63, 3.8) is 0 Å². The van der Waals surface area contributed by atoms with E-state index in [0.29, 0.717) is 18.2 Å². The van der Waals surface area contributed by atoms with Crippen molar-refractivity contribution in [2.75, 3.05) is 18.0 Å². The zero-order valence-electron chi connectivity index (χ0n) is 13.1. The average molecular weight is 296 g/mol. The van der Waals surface area contributed by atoms with Gasteiger partial charge in [0.1, 0.15) is 17.3 Å². The molecular weight excluding hydrogens is 270 g/mol. The predicted octanol–water partition coefficient (Wildman–Crippen LogP) is 4.23. The highest BCUT2D eigenvalue weighted by atomic mass is 19.1. The SMILES string of the molecule is CCCCN(c1c(F)cc(CNCCC)cc1F)C1CC1. The minimum Gasteiger partial charge on any atom is -0.364 e. The third-order valence-corrected chi connectivity index (χ3v) is 3.86. The number of nitrogens with one attached hydrogen (secondary N) is 1. The molecule has 0 spiro atoms. The van der Waals surface area contributed by atoms with Gasteiger partial charge in [-0.3, -0.25) is 0 Å². The molecule has 0 heterocycles. The molecule has 0 atom stereocenters. The molecule has 0 bridgehead atoms. The van der Waals surface area contributed by atoms with Gasteiger partial charge in [-0.1, -0.05) is 20.3 Å². The van der Waals surface area contributed by atoms with E-state index in [-0.39, 0.29) is 5.69 Å². The number of unbranched alkanes of at least 4 members (excludes halogenated alkanes) is 1. The van der Waals surface area contributed by atoms with Crippen LogP contribution in [0.15, 0.2) is 12.1 Å². The van der Waals surface area contributed by atoms with Crippen molar-refractivity contribution < 1.29 is 8.78 Å². The molecule has 1 aliphatic carbocycles. The smallest absolute Gasteiger partial charge is 0.149 e. The lowest BCUT2D eigenvalue weighted by Crippen LogP contribution is -2.29. The van der Waals surface area contributed by atoms with Crippen LogP contribution in [0.25, 0.3) is 0 Å². The fourth-order valence-electron chi connectivity index (χ4n) is 2.60. The third kappa shape index (κ3) is 4.40. The first kappa shape index (κ1) is 16.2. The van der Waals surface area contributed by atoms with E-state index in [9.17, 15) is 8.78 Å². The lowest BCUT2D eigenvalue weighted by Gasteiger charge is -2.26. The molecule has 4 heteroatoms. The number of benzene rings is 1. The van der Waals surface area contributed by atoms with Gasteiger partial charge in [0.05, 0.1) is 0 Å². The first-order valence-corrected chi connectivity index (χ1v) is 8.12. The van der Waals surface area contributed by atoms with Gasteiger partial charge < -0.3 is 10.2 Å². The Morgan fingerprint density at radius 2 is 1.81 bits per heavy atom. The molecule has 1 aromatic carbocycles. The molecule has 2 nitrogen and oxygen atoms in total. The summed E-state index contributed by atoms with van der Waals surface area (Å²) in [5, 5.41) is 3.18. The van der Waals surface area contributed by atoms with Crippen LogP contribution in [-0.2, 0) is 6.54 Å². The van der Waals surface area contributed by atoms with Crippen LogP contribution >= 0.6 is 0 Å². The van der Waals surface area contributed by atoms with Crippen LogP contribution < -0.4 is 10.2 Å². The summed E-state index contributed by atoms with van der Waals surface area (Å²) in [5.41, 5.74) is 0.846. The third-order valence-electron chi connectivity index (χ3n) is 3.86. The highest BCUT2D eigenvalue weighted by molar-refractivity contribution is 5.52. The largest absolute Gasteiger partial charge is 0.364 e. The lowest BCUT2D eigenvalue weighted by atomic mass is 10.1. The van der Waals surface area contributed by atoms with E-state index in [1.165, 1.54) is 12.1 Å². The van der Waals surface area contributed by atoms with Crippen LogP contribution in [0, 0.1) is 11.6 Å². The maximum Gasteiger partial charge on any atom is 0.149 e. The van der Waals surface area contributed by atoms with Crippen molar-refractivity contribution in [3.05, 3.63) is 29.3 Å². The Balaban J connectivity index is 2.14. The number of nitrogens with zero attached hydrogens (tertiary/aromatic N) is 1. The Bertz CT molecular complexity index is 435. The Morgan fingerprint density at radius 1 is 1.14 bits per heavy atom. The van der Waals surface area contributed by atoms with E-state index < -0.39 is 11.6 Å². The van der Waals surface area contributed by atoms with Crippen molar-refractivity contribution in [1.29, 1.82) is 0 Å². The van der Waals surface area contributed by atoms with Crippen LogP contribution in [0.2, 0.25) is 0 Å². The van der Waals surface area contributed by atoms with Gasteiger partial charge in [-0.2, -0.15) is 0 Å². The number of hydrogen-bond acceptors (Lipinski definition) is 2. The van der Waals surface area contributed by atoms with E-state index in [4.69, 9.17) is 0 Å². The van der Waals surface area contributed by atoms with Crippen molar-refractivity contribution in [1.82, 2.24) is 5.32 Å². The number of anilines is 1. The summed E-state index contributed by atoms with van der Waals surface area (Å²) in [4.78, 5) is 1.93. The van der Waals surface area contributed by atoms with E-state index in [0.717, 1.165) is 45.2 Å². The van der Waals surface area contributed by atoms with Crippen molar-refractivity contribution in [3.8, 4) is 0 Å². The molecule has 0 aliphatic heterocycles. The molecule has 21 heavy (non-hydrogen) atoms. The second kappa shape index (κ2) is 7.74. The van der Waals surface area contributed by atoms with Crippen LogP contribution in [0.3, 0.4) is 0 Å².